The zero-order valence-corrected chi connectivity index (χ0v) is 15.6. The van der Waals surface area contributed by atoms with Crippen LogP contribution < -0.4 is 18.9 Å². The molecule has 0 saturated heterocycles. The zero-order chi connectivity index (χ0) is 19.0. The van der Waals surface area contributed by atoms with Crippen molar-refractivity contribution in [3.63, 3.8) is 0 Å². The number of methoxy groups -OCH3 is 4. The lowest BCUT2D eigenvalue weighted by Crippen LogP contribution is -1.96. The Morgan fingerprint density at radius 1 is 0.778 bits per heavy atom. The lowest BCUT2D eigenvalue weighted by molar-refractivity contribution is 0.324. The first-order chi connectivity index (χ1) is 13.2. The van der Waals surface area contributed by atoms with Crippen molar-refractivity contribution < 1.29 is 18.9 Å². The van der Waals surface area contributed by atoms with Gasteiger partial charge in [-0.2, -0.15) is 0 Å². The number of nitrogens with zero attached hydrogens (tertiary/aromatic N) is 1. The Kier molecular flexibility index (Phi) is 4.24. The quantitative estimate of drug-likeness (QED) is 0.568. The summed E-state index contributed by atoms with van der Waals surface area (Å²) in [6.07, 6.45) is 1.80. The normalized spacial score (nSPS) is 11.0. The first-order valence-corrected chi connectivity index (χ1v) is 8.45. The number of H-pyrrole nitrogens is 1. The van der Waals surface area contributed by atoms with Crippen molar-refractivity contribution in [3.8, 4) is 34.3 Å². The molecule has 0 radical (unpaired) electrons. The average Bonchev–Trinajstić information content (AvgIpc) is 3.10. The molecule has 6 heteroatoms. The van der Waals surface area contributed by atoms with Crippen LogP contribution in [0.5, 0.6) is 23.0 Å². The van der Waals surface area contributed by atoms with Gasteiger partial charge in [-0.1, -0.05) is 0 Å². The highest BCUT2D eigenvalue weighted by molar-refractivity contribution is 6.11. The van der Waals surface area contributed by atoms with Gasteiger partial charge in [0.05, 0.1) is 39.6 Å². The van der Waals surface area contributed by atoms with E-state index in [2.05, 4.69) is 9.97 Å². The highest BCUT2D eigenvalue weighted by Crippen LogP contribution is 2.42. The molecule has 0 aliphatic rings. The molecular formula is C21H20N2O4. The van der Waals surface area contributed by atoms with Crippen LogP contribution >= 0.6 is 0 Å². The fraction of sp³-hybridized carbons (Fsp3) is 0.190. The fourth-order valence-corrected chi connectivity index (χ4v) is 3.37. The van der Waals surface area contributed by atoms with Gasteiger partial charge >= 0.3 is 0 Å². The minimum Gasteiger partial charge on any atom is -0.497 e. The molecule has 0 fully saturated rings. The van der Waals surface area contributed by atoms with Gasteiger partial charge in [0.25, 0.3) is 0 Å². The van der Waals surface area contributed by atoms with Crippen LogP contribution in [0.2, 0.25) is 0 Å². The lowest BCUT2D eigenvalue weighted by Gasteiger charge is -2.14. The standard InChI is InChI=1S/C21H20N2O4/c1-24-13-5-6-16-15(11-13)14-7-8-22-19(20(14)23-16)12-9-17(25-2)21(27-4)18(10-12)26-3/h5-11,23H,1-4H3. The van der Waals surface area contributed by atoms with Crippen LogP contribution in [0.15, 0.2) is 42.6 Å². The van der Waals surface area contributed by atoms with Gasteiger partial charge in [-0.05, 0) is 36.4 Å². The van der Waals surface area contributed by atoms with Crippen molar-refractivity contribution in [2.75, 3.05) is 28.4 Å². The van der Waals surface area contributed by atoms with E-state index in [-0.39, 0.29) is 0 Å². The topological polar surface area (TPSA) is 65.6 Å². The predicted molar refractivity (Wildman–Crippen MR) is 105 cm³/mol. The number of hydrogen-bond acceptors (Lipinski definition) is 5. The van der Waals surface area contributed by atoms with Gasteiger partial charge in [0.2, 0.25) is 5.75 Å². The number of aromatic nitrogens is 2. The van der Waals surface area contributed by atoms with Crippen LogP contribution in [0.3, 0.4) is 0 Å². The van der Waals surface area contributed by atoms with E-state index in [1.165, 1.54) is 0 Å². The summed E-state index contributed by atoms with van der Waals surface area (Å²) in [5.74, 6) is 2.54. The maximum absolute atomic E-state index is 5.48. The highest BCUT2D eigenvalue weighted by Gasteiger charge is 2.17. The van der Waals surface area contributed by atoms with E-state index in [1.807, 2.05) is 36.4 Å². The van der Waals surface area contributed by atoms with Gasteiger partial charge in [-0.25, -0.2) is 0 Å². The molecule has 2 aromatic heterocycles. The molecule has 0 amide bonds. The summed E-state index contributed by atoms with van der Waals surface area (Å²) in [5.41, 5.74) is 3.64. The number of rotatable bonds is 5. The van der Waals surface area contributed by atoms with E-state index >= 15 is 0 Å². The van der Waals surface area contributed by atoms with Crippen molar-refractivity contribution in [3.05, 3.63) is 42.6 Å². The van der Waals surface area contributed by atoms with Gasteiger partial charge < -0.3 is 23.9 Å². The number of aromatic amines is 1. The molecule has 0 spiro atoms. The summed E-state index contributed by atoms with van der Waals surface area (Å²) < 4.78 is 21.7. The summed E-state index contributed by atoms with van der Waals surface area (Å²) in [7, 11) is 6.46. The molecule has 4 rings (SSSR count). The maximum atomic E-state index is 5.48. The van der Waals surface area contributed by atoms with Crippen LogP contribution in [0.25, 0.3) is 33.1 Å². The number of fused-ring (bicyclic) bond motifs is 3. The Morgan fingerprint density at radius 2 is 1.52 bits per heavy atom. The number of nitrogens with one attached hydrogen (secondary N) is 1. The van der Waals surface area contributed by atoms with E-state index in [9.17, 15) is 0 Å². The van der Waals surface area contributed by atoms with Crippen LogP contribution in [0.4, 0.5) is 0 Å². The van der Waals surface area contributed by atoms with Crippen molar-refractivity contribution in [2.24, 2.45) is 0 Å². The zero-order valence-electron chi connectivity index (χ0n) is 15.6. The third-order valence-electron chi connectivity index (χ3n) is 4.67. The fourth-order valence-electron chi connectivity index (χ4n) is 3.37. The first-order valence-electron chi connectivity index (χ1n) is 8.45. The van der Waals surface area contributed by atoms with Gasteiger partial charge in [0.15, 0.2) is 11.5 Å². The van der Waals surface area contributed by atoms with E-state index in [1.54, 1.807) is 34.6 Å². The largest absolute Gasteiger partial charge is 0.497 e. The SMILES string of the molecule is COc1ccc2[nH]c3c(-c4cc(OC)c(OC)c(OC)c4)nccc3c2c1. The second-order valence-electron chi connectivity index (χ2n) is 6.03. The molecule has 0 saturated carbocycles. The van der Waals surface area contributed by atoms with Crippen molar-refractivity contribution in [1.82, 2.24) is 9.97 Å². The lowest BCUT2D eigenvalue weighted by atomic mass is 10.1. The molecule has 1 N–H and O–H groups in total. The van der Waals surface area contributed by atoms with Gasteiger partial charge in [0, 0.05) is 28.0 Å². The Balaban J connectivity index is 1.99. The van der Waals surface area contributed by atoms with E-state index < -0.39 is 0 Å². The Bertz CT molecular complexity index is 1110. The highest BCUT2D eigenvalue weighted by atomic mass is 16.5. The van der Waals surface area contributed by atoms with Crippen LogP contribution in [-0.2, 0) is 0 Å². The Morgan fingerprint density at radius 3 is 2.15 bits per heavy atom. The van der Waals surface area contributed by atoms with Crippen LogP contribution in [0.1, 0.15) is 0 Å². The molecule has 2 aromatic carbocycles. The monoisotopic (exact) mass is 364 g/mol. The summed E-state index contributed by atoms with van der Waals surface area (Å²) in [6.45, 7) is 0. The smallest absolute Gasteiger partial charge is 0.203 e. The Hall–Kier alpha value is -3.41. The van der Waals surface area contributed by atoms with Crippen molar-refractivity contribution in [1.29, 1.82) is 0 Å². The number of benzene rings is 2. The molecule has 0 aliphatic heterocycles. The van der Waals surface area contributed by atoms with Crippen LogP contribution in [-0.4, -0.2) is 38.4 Å². The summed E-state index contributed by atoms with van der Waals surface area (Å²) in [4.78, 5) is 8.08. The van der Waals surface area contributed by atoms with Crippen molar-refractivity contribution in [2.45, 2.75) is 0 Å². The molecule has 0 atom stereocenters. The molecule has 0 bridgehead atoms. The number of pyridine rings is 1. The predicted octanol–water partition coefficient (Wildman–Crippen LogP) is 4.42. The van der Waals surface area contributed by atoms with Gasteiger partial charge in [-0.3, -0.25) is 4.98 Å². The molecule has 4 aromatic rings. The number of hydrogen-bond donors (Lipinski definition) is 1. The van der Waals surface area contributed by atoms with E-state index in [0.29, 0.717) is 17.2 Å². The second kappa shape index (κ2) is 6.72. The van der Waals surface area contributed by atoms with Crippen LogP contribution in [0, 0.1) is 0 Å². The summed E-state index contributed by atoms with van der Waals surface area (Å²) in [6, 6.07) is 11.8. The molecular weight excluding hydrogens is 344 g/mol. The van der Waals surface area contributed by atoms with E-state index in [4.69, 9.17) is 18.9 Å². The second-order valence-corrected chi connectivity index (χ2v) is 6.03. The minimum atomic E-state index is 0.553. The number of ether oxygens (including phenoxy) is 4. The molecule has 0 unspecified atom stereocenters. The molecule has 138 valence electrons. The molecule has 0 aliphatic carbocycles. The molecule has 6 nitrogen and oxygen atoms in total. The van der Waals surface area contributed by atoms with E-state index in [0.717, 1.165) is 38.8 Å². The molecule has 27 heavy (non-hydrogen) atoms. The third-order valence-corrected chi connectivity index (χ3v) is 4.67. The minimum absolute atomic E-state index is 0.553. The summed E-state index contributed by atoms with van der Waals surface area (Å²) in [5, 5.41) is 2.16. The van der Waals surface area contributed by atoms with Gasteiger partial charge in [0.1, 0.15) is 5.75 Å². The first kappa shape index (κ1) is 17.0. The summed E-state index contributed by atoms with van der Waals surface area (Å²) >= 11 is 0. The Labute approximate surface area is 156 Å². The molecule has 2 heterocycles. The maximum Gasteiger partial charge on any atom is 0.203 e. The average molecular weight is 364 g/mol. The van der Waals surface area contributed by atoms with Gasteiger partial charge in [-0.15, -0.1) is 0 Å². The van der Waals surface area contributed by atoms with Crippen molar-refractivity contribution >= 4 is 21.8 Å². The third kappa shape index (κ3) is 2.70.